The Hall–Kier alpha value is -1.90. The molecule has 1 aliphatic heterocycles. The van der Waals surface area contributed by atoms with Crippen molar-refractivity contribution in [3.8, 4) is 5.75 Å². The van der Waals surface area contributed by atoms with Crippen molar-refractivity contribution < 1.29 is 23.1 Å². The number of carbonyl (C=O) groups excluding carboxylic acids is 1. The maximum atomic E-state index is 13.4. The van der Waals surface area contributed by atoms with Crippen molar-refractivity contribution in [2.45, 2.75) is 57.1 Å². The number of allylic oxidation sites excluding steroid dienone is 1. The van der Waals surface area contributed by atoms with E-state index in [1.54, 1.807) is 37.1 Å². The SMILES string of the molecule is C/C=C/c1ccc2c(c1)O[C@@H](CN(C)C(=O)C1CCC1)[C@H](C)CN([C@@H](C)CO)S2(=O)=O. The van der Waals surface area contributed by atoms with Gasteiger partial charge in [0.15, 0.2) is 0 Å². The molecule has 7 nitrogen and oxygen atoms in total. The lowest BCUT2D eigenvalue weighted by molar-refractivity contribution is -0.138. The van der Waals surface area contributed by atoms with E-state index in [1.165, 1.54) is 4.31 Å². The molecule has 0 radical (unpaired) electrons. The van der Waals surface area contributed by atoms with Gasteiger partial charge in [-0.3, -0.25) is 4.79 Å². The van der Waals surface area contributed by atoms with E-state index in [0.717, 1.165) is 24.8 Å². The van der Waals surface area contributed by atoms with E-state index in [9.17, 15) is 18.3 Å². The summed E-state index contributed by atoms with van der Waals surface area (Å²) in [6, 6.07) is 4.47. The number of ether oxygens (including phenoxy) is 1. The molecule has 2 aliphatic rings. The van der Waals surface area contributed by atoms with Gasteiger partial charge in [0.1, 0.15) is 16.7 Å². The third-order valence-electron chi connectivity index (χ3n) is 6.33. The number of likely N-dealkylation sites (N-methyl/N-ethyl adjacent to an activating group) is 1. The van der Waals surface area contributed by atoms with E-state index in [4.69, 9.17) is 4.74 Å². The molecule has 1 N–H and O–H groups in total. The molecule has 31 heavy (non-hydrogen) atoms. The molecule has 3 atom stereocenters. The normalized spacial score (nSPS) is 25.1. The zero-order chi connectivity index (χ0) is 22.8. The third kappa shape index (κ3) is 4.96. The summed E-state index contributed by atoms with van der Waals surface area (Å²) in [6.45, 7) is 5.83. The predicted molar refractivity (Wildman–Crippen MR) is 120 cm³/mol. The molecule has 0 bridgehead atoms. The Balaban J connectivity index is 1.99. The van der Waals surface area contributed by atoms with E-state index in [2.05, 4.69) is 0 Å². The quantitative estimate of drug-likeness (QED) is 0.720. The van der Waals surface area contributed by atoms with Gasteiger partial charge in [0, 0.05) is 31.5 Å². The number of aliphatic hydroxyl groups is 1. The Morgan fingerprint density at radius 1 is 1.39 bits per heavy atom. The highest BCUT2D eigenvalue weighted by atomic mass is 32.2. The summed E-state index contributed by atoms with van der Waals surface area (Å²) < 4.78 is 34.5. The molecule has 1 amide bonds. The number of fused-ring (bicyclic) bond motifs is 1. The first-order valence-corrected chi connectivity index (χ1v) is 12.4. The second kappa shape index (κ2) is 9.71. The summed E-state index contributed by atoms with van der Waals surface area (Å²) >= 11 is 0. The van der Waals surface area contributed by atoms with Crippen LogP contribution in [0.15, 0.2) is 29.2 Å². The topological polar surface area (TPSA) is 87.2 Å². The van der Waals surface area contributed by atoms with Crippen LogP contribution in [0.5, 0.6) is 5.75 Å². The number of aliphatic hydroxyl groups excluding tert-OH is 1. The van der Waals surface area contributed by atoms with Gasteiger partial charge in [-0.25, -0.2) is 8.42 Å². The number of hydrogen-bond acceptors (Lipinski definition) is 5. The molecule has 0 saturated heterocycles. The second-order valence-electron chi connectivity index (χ2n) is 8.79. The summed E-state index contributed by atoms with van der Waals surface area (Å²) in [5.74, 6) is 0.319. The van der Waals surface area contributed by atoms with Crippen LogP contribution < -0.4 is 4.74 Å². The van der Waals surface area contributed by atoms with Gasteiger partial charge in [-0.05, 0) is 44.4 Å². The molecule has 1 aliphatic carbocycles. The van der Waals surface area contributed by atoms with Gasteiger partial charge < -0.3 is 14.7 Å². The molecule has 3 rings (SSSR count). The van der Waals surface area contributed by atoms with Crippen molar-refractivity contribution >= 4 is 22.0 Å². The molecule has 0 spiro atoms. The molecule has 172 valence electrons. The van der Waals surface area contributed by atoms with Crippen LogP contribution in [0, 0.1) is 11.8 Å². The maximum absolute atomic E-state index is 13.4. The Morgan fingerprint density at radius 3 is 2.68 bits per heavy atom. The zero-order valence-electron chi connectivity index (χ0n) is 18.8. The lowest BCUT2D eigenvalue weighted by atomic mass is 9.84. The molecule has 1 saturated carbocycles. The Bertz CT molecular complexity index is 926. The number of nitrogens with zero attached hydrogens (tertiary/aromatic N) is 2. The monoisotopic (exact) mass is 450 g/mol. The molecule has 0 aromatic heterocycles. The Kier molecular flexibility index (Phi) is 7.44. The van der Waals surface area contributed by atoms with Crippen molar-refractivity contribution in [3.63, 3.8) is 0 Å². The van der Waals surface area contributed by atoms with Crippen molar-refractivity contribution in [2.75, 3.05) is 26.7 Å². The summed E-state index contributed by atoms with van der Waals surface area (Å²) in [4.78, 5) is 14.5. The number of carbonyl (C=O) groups is 1. The van der Waals surface area contributed by atoms with Crippen molar-refractivity contribution in [2.24, 2.45) is 11.8 Å². The van der Waals surface area contributed by atoms with E-state index < -0.39 is 16.1 Å². The highest BCUT2D eigenvalue weighted by Gasteiger charge is 2.39. The van der Waals surface area contributed by atoms with Gasteiger partial charge in [-0.2, -0.15) is 4.31 Å². The highest BCUT2D eigenvalue weighted by molar-refractivity contribution is 7.89. The van der Waals surface area contributed by atoms with Gasteiger partial charge in [0.05, 0.1) is 13.2 Å². The Labute approximate surface area is 185 Å². The number of rotatable bonds is 6. The number of hydrogen-bond donors (Lipinski definition) is 1. The van der Waals surface area contributed by atoms with Gasteiger partial charge >= 0.3 is 0 Å². The van der Waals surface area contributed by atoms with Gasteiger partial charge in [0.25, 0.3) is 0 Å². The molecule has 0 unspecified atom stereocenters. The Morgan fingerprint density at radius 2 is 2.10 bits per heavy atom. The van der Waals surface area contributed by atoms with Gasteiger partial charge in [-0.15, -0.1) is 0 Å². The lowest BCUT2D eigenvalue weighted by Crippen LogP contribution is -2.50. The molecule has 1 fully saturated rings. The molecule has 1 heterocycles. The average Bonchev–Trinajstić information content (AvgIpc) is 2.68. The summed E-state index contributed by atoms with van der Waals surface area (Å²) in [5.41, 5.74) is 0.837. The van der Waals surface area contributed by atoms with Crippen molar-refractivity contribution in [1.29, 1.82) is 0 Å². The van der Waals surface area contributed by atoms with Crippen LogP contribution in [0.1, 0.15) is 45.6 Å². The number of benzene rings is 1. The van der Waals surface area contributed by atoms with Crippen LogP contribution in [-0.2, 0) is 14.8 Å². The minimum atomic E-state index is -3.85. The molecule has 8 heteroatoms. The smallest absolute Gasteiger partial charge is 0.247 e. The third-order valence-corrected chi connectivity index (χ3v) is 8.35. The first-order valence-electron chi connectivity index (χ1n) is 11.0. The predicted octanol–water partition coefficient (Wildman–Crippen LogP) is 2.75. The largest absolute Gasteiger partial charge is 0.487 e. The van der Waals surface area contributed by atoms with Gasteiger partial charge in [-0.1, -0.05) is 31.6 Å². The van der Waals surface area contributed by atoms with Crippen molar-refractivity contribution in [1.82, 2.24) is 9.21 Å². The van der Waals surface area contributed by atoms with Crippen LogP contribution in [0.25, 0.3) is 6.08 Å². The summed E-state index contributed by atoms with van der Waals surface area (Å²) in [6.07, 6.45) is 6.34. The lowest BCUT2D eigenvalue weighted by Gasteiger charge is -2.38. The molecule has 1 aromatic carbocycles. The fraction of sp³-hybridized carbons (Fsp3) is 0.609. The zero-order valence-corrected chi connectivity index (χ0v) is 19.6. The summed E-state index contributed by atoms with van der Waals surface area (Å²) in [7, 11) is -2.06. The van der Waals surface area contributed by atoms with Gasteiger partial charge in [0.2, 0.25) is 15.9 Å². The van der Waals surface area contributed by atoms with Crippen LogP contribution in [0.2, 0.25) is 0 Å². The maximum Gasteiger partial charge on any atom is 0.247 e. The van der Waals surface area contributed by atoms with E-state index in [1.807, 2.05) is 26.0 Å². The minimum absolute atomic E-state index is 0.0888. The van der Waals surface area contributed by atoms with Crippen LogP contribution in [-0.4, -0.2) is 67.5 Å². The van der Waals surface area contributed by atoms with Crippen LogP contribution >= 0.6 is 0 Å². The molecular formula is C23H34N2O5S. The minimum Gasteiger partial charge on any atom is -0.487 e. The van der Waals surface area contributed by atoms with E-state index >= 15 is 0 Å². The van der Waals surface area contributed by atoms with E-state index in [-0.39, 0.29) is 47.6 Å². The number of sulfonamides is 1. The fourth-order valence-corrected chi connectivity index (χ4v) is 5.91. The number of amides is 1. The highest BCUT2D eigenvalue weighted by Crippen LogP contribution is 2.35. The first-order chi connectivity index (χ1) is 14.7. The van der Waals surface area contributed by atoms with Crippen LogP contribution in [0.3, 0.4) is 0 Å². The standard InChI is InChI=1S/C23H34N2O5S/c1-5-7-18-10-11-22-20(12-18)30-21(14-24(4)23(27)19-8-6-9-19)16(2)13-25(17(3)15-26)31(22,28)29/h5,7,10-12,16-17,19,21,26H,6,8-9,13-15H2,1-4H3/b7-5+/t16-,17+,21+/m1/s1. The average molecular weight is 451 g/mol. The van der Waals surface area contributed by atoms with Crippen molar-refractivity contribution in [3.05, 3.63) is 29.8 Å². The fourth-order valence-electron chi connectivity index (χ4n) is 4.08. The molecular weight excluding hydrogens is 416 g/mol. The molecule has 1 aromatic rings. The van der Waals surface area contributed by atoms with E-state index in [0.29, 0.717) is 6.54 Å². The second-order valence-corrected chi connectivity index (χ2v) is 10.7. The summed E-state index contributed by atoms with van der Waals surface area (Å²) in [5, 5.41) is 9.71. The van der Waals surface area contributed by atoms with Crippen LogP contribution in [0.4, 0.5) is 0 Å². The first kappa shape index (κ1) is 23.8.